The molecule has 2 heteroatoms. The summed E-state index contributed by atoms with van der Waals surface area (Å²) < 4.78 is 0. The topological polar surface area (TPSA) is 25.8 Å². The third-order valence-corrected chi connectivity index (χ3v) is 4.09. The van der Waals surface area contributed by atoms with Crippen molar-refractivity contribution in [3.63, 3.8) is 0 Å². The van der Waals surface area contributed by atoms with Crippen LogP contribution in [-0.2, 0) is 0 Å². The Kier molecular flexibility index (Phi) is 3.48. The average Bonchev–Trinajstić information content (AvgIpc) is 2.60. The molecule has 2 aromatic heterocycles. The normalized spacial score (nSPS) is 10.6. The molecule has 0 saturated heterocycles. The van der Waals surface area contributed by atoms with Gasteiger partial charge in [0.1, 0.15) is 0 Å². The van der Waals surface area contributed by atoms with Gasteiger partial charge in [0.05, 0.1) is 17.2 Å². The lowest BCUT2D eigenvalue weighted by Crippen LogP contribution is -1.87. The Labute approximate surface area is 141 Å². The van der Waals surface area contributed by atoms with E-state index in [1.165, 1.54) is 11.1 Å². The Morgan fingerprint density at radius 2 is 1.33 bits per heavy atom. The Bertz CT molecular complexity index is 1110. The van der Waals surface area contributed by atoms with Crippen LogP contribution < -0.4 is 0 Å². The van der Waals surface area contributed by atoms with Crippen molar-refractivity contribution in [1.82, 2.24) is 9.97 Å². The molecule has 2 aromatic carbocycles. The lowest BCUT2D eigenvalue weighted by Gasteiger charge is -2.04. The van der Waals surface area contributed by atoms with Gasteiger partial charge in [-0.05, 0) is 43.7 Å². The summed E-state index contributed by atoms with van der Waals surface area (Å²) in [4.78, 5) is 9.02. The molecular formula is C22H16N2. The molecule has 0 aliphatic heterocycles. The van der Waals surface area contributed by atoms with Gasteiger partial charge in [0, 0.05) is 28.1 Å². The first-order valence-corrected chi connectivity index (χ1v) is 7.93. The van der Waals surface area contributed by atoms with Crippen LogP contribution in [0, 0.1) is 25.7 Å². The van der Waals surface area contributed by atoms with Crippen molar-refractivity contribution in [2.45, 2.75) is 13.8 Å². The van der Waals surface area contributed by atoms with Crippen molar-refractivity contribution >= 4 is 21.8 Å². The van der Waals surface area contributed by atoms with Crippen LogP contribution in [0.15, 0.2) is 60.9 Å². The zero-order valence-electron chi connectivity index (χ0n) is 13.7. The lowest BCUT2D eigenvalue weighted by atomic mass is 10.1. The third kappa shape index (κ3) is 2.73. The van der Waals surface area contributed by atoms with Crippen molar-refractivity contribution in [2.75, 3.05) is 0 Å². The van der Waals surface area contributed by atoms with E-state index in [0.717, 1.165) is 32.9 Å². The van der Waals surface area contributed by atoms with Gasteiger partial charge in [-0.3, -0.25) is 9.97 Å². The molecule has 0 atom stereocenters. The van der Waals surface area contributed by atoms with Gasteiger partial charge in [-0.1, -0.05) is 41.7 Å². The highest BCUT2D eigenvalue weighted by atomic mass is 14.7. The molecule has 0 spiro atoms. The average molecular weight is 308 g/mol. The quantitative estimate of drug-likeness (QED) is 0.344. The zero-order valence-corrected chi connectivity index (χ0v) is 13.7. The smallest absolute Gasteiger partial charge is 0.0892 e. The van der Waals surface area contributed by atoms with Gasteiger partial charge in [0.2, 0.25) is 0 Å². The summed E-state index contributed by atoms with van der Waals surface area (Å²) in [6, 6.07) is 16.6. The Morgan fingerprint density at radius 3 is 2.17 bits per heavy atom. The van der Waals surface area contributed by atoms with E-state index in [2.05, 4.69) is 72.1 Å². The summed E-state index contributed by atoms with van der Waals surface area (Å²) in [6.07, 6.45) is 3.64. The highest BCUT2D eigenvalue weighted by Gasteiger charge is 2.03. The Balaban J connectivity index is 1.83. The summed E-state index contributed by atoms with van der Waals surface area (Å²) in [5.41, 5.74) is 6.26. The summed E-state index contributed by atoms with van der Waals surface area (Å²) >= 11 is 0. The Hall–Kier alpha value is -3.18. The van der Waals surface area contributed by atoms with Crippen molar-refractivity contribution < 1.29 is 0 Å². The molecule has 0 aliphatic carbocycles. The van der Waals surface area contributed by atoms with Gasteiger partial charge in [0.25, 0.3) is 0 Å². The summed E-state index contributed by atoms with van der Waals surface area (Å²) in [6.45, 7) is 4.15. The van der Waals surface area contributed by atoms with Crippen LogP contribution in [0.2, 0.25) is 0 Å². The zero-order chi connectivity index (χ0) is 16.5. The van der Waals surface area contributed by atoms with Crippen LogP contribution in [0.1, 0.15) is 22.3 Å². The van der Waals surface area contributed by atoms with Crippen LogP contribution in [0.25, 0.3) is 21.8 Å². The highest BCUT2D eigenvalue weighted by Crippen LogP contribution is 2.23. The van der Waals surface area contributed by atoms with Crippen molar-refractivity contribution in [1.29, 1.82) is 0 Å². The molecule has 4 rings (SSSR count). The first-order chi connectivity index (χ1) is 11.7. The van der Waals surface area contributed by atoms with E-state index in [1.54, 1.807) is 0 Å². The number of rotatable bonds is 0. The van der Waals surface area contributed by atoms with Gasteiger partial charge in [0.15, 0.2) is 0 Å². The third-order valence-electron chi connectivity index (χ3n) is 4.09. The second-order valence-corrected chi connectivity index (χ2v) is 6.05. The number of hydrogen-bond acceptors (Lipinski definition) is 2. The molecule has 0 aliphatic rings. The van der Waals surface area contributed by atoms with E-state index in [0.29, 0.717) is 0 Å². The van der Waals surface area contributed by atoms with Crippen LogP contribution in [0.3, 0.4) is 0 Å². The number of aromatic nitrogens is 2. The number of aryl methyl sites for hydroxylation is 2. The van der Waals surface area contributed by atoms with Gasteiger partial charge < -0.3 is 0 Å². The van der Waals surface area contributed by atoms with E-state index < -0.39 is 0 Å². The van der Waals surface area contributed by atoms with Crippen LogP contribution in [0.4, 0.5) is 0 Å². The van der Waals surface area contributed by atoms with Crippen LogP contribution >= 0.6 is 0 Å². The first-order valence-electron chi connectivity index (χ1n) is 7.93. The number of nitrogens with zero attached hydrogens (tertiary/aromatic N) is 2. The maximum atomic E-state index is 4.52. The van der Waals surface area contributed by atoms with Crippen LogP contribution in [0.5, 0.6) is 0 Å². The minimum Gasteiger partial charge on any atom is -0.254 e. The molecule has 2 heterocycles. The molecule has 114 valence electrons. The first kappa shape index (κ1) is 14.4. The number of hydrogen-bond donors (Lipinski definition) is 0. The monoisotopic (exact) mass is 308 g/mol. The largest absolute Gasteiger partial charge is 0.254 e. The Morgan fingerprint density at radius 1 is 0.625 bits per heavy atom. The van der Waals surface area contributed by atoms with Crippen molar-refractivity contribution in [3.05, 3.63) is 83.2 Å². The minimum atomic E-state index is 0.896. The standard InChI is InChI=1S/C22H16N2/c1-15-3-6-17(7-4-15)8-9-18-12-20-19-10-5-16(2)11-21(19)24-14-22(20)23-13-18/h3-7,10-14H,1-2H3. The van der Waals surface area contributed by atoms with E-state index >= 15 is 0 Å². The molecule has 0 amide bonds. The number of benzene rings is 2. The molecule has 0 N–H and O–H groups in total. The van der Waals surface area contributed by atoms with E-state index in [-0.39, 0.29) is 0 Å². The highest BCUT2D eigenvalue weighted by molar-refractivity contribution is 6.04. The van der Waals surface area contributed by atoms with Gasteiger partial charge >= 0.3 is 0 Å². The molecule has 0 saturated carbocycles. The van der Waals surface area contributed by atoms with Gasteiger partial charge in [-0.25, -0.2) is 0 Å². The summed E-state index contributed by atoms with van der Waals surface area (Å²) in [5, 5.41) is 2.21. The lowest BCUT2D eigenvalue weighted by molar-refractivity contribution is 1.34. The molecule has 2 nitrogen and oxygen atoms in total. The molecule has 0 bridgehead atoms. The second-order valence-electron chi connectivity index (χ2n) is 6.05. The minimum absolute atomic E-state index is 0.896. The van der Waals surface area contributed by atoms with E-state index in [4.69, 9.17) is 0 Å². The van der Waals surface area contributed by atoms with E-state index in [1.807, 2.05) is 24.5 Å². The molecular weight excluding hydrogens is 292 g/mol. The molecule has 24 heavy (non-hydrogen) atoms. The summed E-state index contributed by atoms with van der Waals surface area (Å²) in [5.74, 6) is 6.42. The molecule has 4 aromatic rings. The number of fused-ring (bicyclic) bond motifs is 3. The van der Waals surface area contributed by atoms with Gasteiger partial charge in [-0.2, -0.15) is 0 Å². The SMILES string of the molecule is Cc1ccc(C#Cc2cnc3cnc4cc(C)ccc4c3c2)cc1. The second kappa shape index (κ2) is 5.79. The molecule has 0 radical (unpaired) electrons. The van der Waals surface area contributed by atoms with Gasteiger partial charge in [-0.15, -0.1) is 0 Å². The fourth-order valence-corrected chi connectivity index (χ4v) is 2.75. The molecule has 0 unspecified atom stereocenters. The molecule has 0 fully saturated rings. The van der Waals surface area contributed by atoms with Crippen molar-refractivity contribution in [3.8, 4) is 11.8 Å². The predicted octanol–water partition coefficient (Wildman–Crippen LogP) is 4.80. The fourth-order valence-electron chi connectivity index (χ4n) is 2.75. The summed E-state index contributed by atoms with van der Waals surface area (Å²) in [7, 11) is 0. The van der Waals surface area contributed by atoms with E-state index in [9.17, 15) is 0 Å². The maximum Gasteiger partial charge on any atom is 0.0892 e. The predicted molar refractivity (Wildman–Crippen MR) is 98.9 cm³/mol. The van der Waals surface area contributed by atoms with Crippen LogP contribution in [-0.4, -0.2) is 9.97 Å². The van der Waals surface area contributed by atoms with Crippen molar-refractivity contribution in [2.24, 2.45) is 0 Å². The fraction of sp³-hybridized carbons (Fsp3) is 0.0909. The number of pyridine rings is 2. The maximum absolute atomic E-state index is 4.52.